The third-order valence-corrected chi connectivity index (χ3v) is 2.16. The van der Waals surface area contributed by atoms with Crippen molar-refractivity contribution in [1.82, 2.24) is 5.32 Å². The van der Waals surface area contributed by atoms with Gasteiger partial charge in [-0.2, -0.15) is 0 Å². The molecule has 1 fully saturated rings. The van der Waals surface area contributed by atoms with Crippen molar-refractivity contribution < 1.29 is 9.59 Å². The van der Waals surface area contributed by atoms with E-state index >= 15 is 0 Å². The second-order valence-electron chi connectivity index (χ2n) is 3.55. The molecule has 0 spiro atoms. The van der Waals surface area contributed by atoms with Gasteiger partial charge in [-0.15, -0.1) is 0 Å². The Morgan fingerprint density at radius 2 is 2.08 bits per heavy atom. The van der Waals surface area contributed by atoms with E-state index in [1.165, 1.54) is 19.8 Å². The lowest BCUT2D eigenvalue weighted by Crippen LogP contribution is -2.37. The van der Waals surface area contributed by atoms with E-state index in [4.69, 9.17) is 0 Å². The van der Waals surface area contributed by atoms with E-state index in [2.05, 4.69) is 5.32 Å². The first-order valence-corrected chi connectivity index (χ1v) is 4.39. The van der Waals surface area contributed by atoms with Crippen LogP contribution in [0, 0.1) is 5.92 Å². The zero-order chi connectivity index (χ0) is 9.14. The first-order chi connectivity index (χ1) is 5.59. The Kier molecular flexibility index (Phi) is 2.84. The minimum Gasteiger partial charge on any atom is -0.347 e. The van der Waals surface area contributed by atoms with Gasteiger partial charge < -0.3 is 5.32 Å². The zero-order valence-corrected chi connectivity index (χ0v) is 7.59. The third kappa shape index (κ3) is 3.03. The molecule has 3 nitrogen and oxygen atoms in total. The summed E-state index contributed by atoms with van der Waals surface area (Å²) < 4.78 is 0. The number of Topliss-reactive ketones (excluding diaryl/α,β-unsaturated/α-hetero) is 1. The lowest BCUT2D eigenvalue weighted by Gasteiger charge is -2.09. The summed E-state index contributed by atoms with van der Waals surface area (Å²) in [4.78, 5) is 21.9. The smallest absolute Gasteiger partial charge is 0.220 e. The fourth-order valence-corrected chi connectivity index (χ4v) is 0.986. The van der Waals surface area contributed by atoms with Crippen LogP contribution < -0.4 is 5.32 Å². The van der Waals surface area contributed by atoms with Crippen molar-refractivity contribution in [1.29, 1.82) is 0 Å². The highest BCUT2D eigenvalue weighted by Gasteiger charge is 2.25. The molecule has 0 bridgehead atoms. The van der Waals surface area contributed by atoms with Crippen molar-refractivity contribution in [3.05, 3.63) is 0 Å². The van der Waals surface area contributed by atoms with Crippen LogP contribution in [-0.4, -0.2) is 17.7 Å². The van der Waals surface area contributed by atoms with Gasteiger partial charge in [0, 0.05) is 6.42 Å². The molecule has 1 atom stereocenters. The molecule has 1 aliphatic rings. The van der Waals surface area contributed by atoms with Gasteiger partial charge in [0.25, 0.3) is 0 Å². The van der Waals surface area contributed by atoms with Gasteiger partial charge >= 0.3 is 0 Å². The summed E-state index contributed by atoms with van der Waals surface area (Å²) in [5.41, 5.74) is 0. The molecule has 0 heterocycles. The fraction of sp³-hybridized carbons (Fsp3) is 0.778. The zero-order valence-electron chi connectivity index (χ0n) is 7.59. The Bertz CT molecular complexity index is 197. The Labute approximate surface area is 72.5 Å². The van der Waals surface area contributed by atoms with Gasteiger partial charge in [-0.1, -0.05) is 0 Å². The standard InChI is InChI=1S/C9H15NO2/c1-6(7(2)11)10-9(12)5-8-3-4-8/h6,8H,3-5H2,1-2H3,(H,10,12). The van der Waals surface area contributed by atoms with E-state index in [-0.39, 0.29) is 17.7 Å². The summed E-state index contributed by atoms with van der Waals surface area (Å²) >= 11 is 0. The molecule has 1 N–H and O–H groups in total. The summed E-state index contributed by atoms with van der Waals surface area (Å²) in [6.07, 6.45) is 2.93. The molecule has 1 aliphatic carbocycles. The maximum absolute atomic E-state index is 11.1. The Morgan fingerprint density at radius 3 is 2.50 bits per heavy atom. The van der Waals surface area contributed by atoms with E-state index in [1.807, 2.05) is 0 Å². The van der Waals surface area contributed by atoms with Crippen LogP contribution >= 0.6 is 0 Å². The molecule has 1 rings (SSSR count). The Morgan fingerprint density at radius 1 is 1.50 bits per heavy atom. The van der Waals surface area contributed by atoms with E-state index < -0.39 is 0 Å². The predicted molar refractivity (Wildman–Crippen MR) is 45.6 cm³/mol. The van der Waals surface area contributed by atoms with E-state index in [9.17, 15) is 9.59 Å². The van der Waals surface area contributed by atoms with Gasteiger partial charge in [0.15, 0.2) is 5.78 Å². The number of rotatable bonds is 4. The van der Waals surface area contributed by atoms with Gasteiger partial charge in [-0.3, -0.25) is 9.59 Å². The first-order valence-electron chi connectivity index (χ1n) is 4.39. The molecular formula is C9H15NO2. The van der Waals surface area contributed by atoms with Gasteiger partial charge in [0.2, 0.25) is 5.91 Å². The van der Waals surface area contributed by atoms with Crippen LogP contribution in [0.1, 0.15) is 33.1 Å². The molecule has 0 aliphatic heterocycles. The molecule has 68 valence electrons. The maximum atomic E-state index is 11.1. The van der Waals surface area contributed by atoms with Crippen molar-refractivity contribution in [3.8, 4) is 0 Å². The third-order valence-electron chi connectivity index (χ3n) is 2.16. The van der Waals surface area contributed by atoms with Gasteiger partial charge in [0.05, 0.1) is 6.04 Å². The number of carbonyl (C=O) groups is 2. The van der Waals surface area contributed by atoms with Crippen LogP contribution in [0.4, 0.5) is 0 Å². The normalized spacial score (nSPS) is 18.5. The second-order valence-corrected chi connectivity index (χ2v) is 3.55. The molecule has 1 saturated carbocycles. The first kappa shape index (κ1) is 9.23. The molecule has 0 radical (unpaired) electrons. The average Bonchev–Trinajstić information content (AvgIpc) is 2.71. The number of hydrogen-bond acceptors (Lipinski definition) is 2. The second kappa shape index (κ2) is 3.70. The number of amides is 1. The highest BCUT2D eigenvalue weighted by Crippen LogP contribution is 2.32. The maximum Gasteiger partial charge on any atom is 0.220 e. The van der Waals surface area contributed by atoms with Crippen LogP contribution in [0.15, 0.2) is 0 Å². The highest BCUT2D eigenvalue weighted by atomic mass is 16.2. The van der Waals surface area contributed by atoms with Crippen LogP contribution in [0.2, 0.25) is 0 Å². The average molecular weight is 169 g/mol. The van der Waals surface area contributed by atoms with Gasteiger partial charge in [0.1, 0.15) is 0 Å². The Balaban J connectivity index is 2.19. The van der Waals surface area contributed by atoms with Crippen molar-refractivity contribution in [2.24, 2.45) is 5.92 Å². The molecule has 0 aromatic rings. The Hall–Kier alpha value is -0.860. The molecule has 1 amide bonds. The monoisotopic (exact) mass is 169 g/mol. The predicted octanol–water partition coefficient (Wildman–Crippen LogP) is 0.880. The highest BCUT2D eigenvalue weighted by molar-refractivity contribution is 5.87. The lowest BCUT2D eigenvalue weighted by atomic mass is 10.2. The van der Waals surface area contributed by atoms with Crippen LogP contribution in [0.3, 0.4) is 0 Å². The number of nitrogens with one attached hydrogen (secondary N) is 1. The van der Waals surface area contributed by atoms with E-state index in [0.29, 0.717) is 12.3 Å². The lowest BCUT2D eigenvalue weighted by molar-refractivity contribution is -0.126. The molecule has 0 saturated heterocycles. The summed E-state index contributed by atoms with van der Waals surface area (Å²) in [6.45, 7) is 3.20. The SMILES string of the molecule is CC(=O)C(C)NC(=O)CC1CC1. The molecule has 0 aromatic heterocycles. The van der Waals surface area contributed by atoms with Crippen LogP contribution in [-0.2, 0) is 9.59 Å². The summed E-state index contributed by atoms with van der Waals surface area (Å²) in [7, 11) is 0. The van der Waals surface area contributed by atoms with Crippen LogP contribution in [0.5, 0.6) is 0 Å². The minimum atomic E-state index is -0.323. The number of hydrogen-bond donors (Lipinski definition) is 1. The molecule has 0 aromatic carbocycles. The molecular weight excluding hydrogens is 154 g/mol. The minimum absolute atomic E-state index is 0.0131. The molecule has 1 unspecified atom stereocenters. The number of carbonyl (C=O) groups excluding carboxylic acids is 2. The van der Waals surface area contributed by atoms with Crippen LogP contribution in [0.25, 0.3) is 0 Å². The topological polar surface area (TPSA) is 46.2 Å². The van der Waals surface area contributed by atoms with Gasteiger partial charge in [-0.25, -0.2) is 0 Å². The van der Waals surface area contributed by atoms with Crippen molar-refractivity contribution in [2.75, 3.05) is 0 Å². The quantitative estimate of drug-likeness (QED) is 0.679. The fourth-order valence-electron chi connectivity index (χ4n) is 0.986. The van der Waals surface area contributed by atoms with Crippen molar-refractivity contribution in [2.45, 2.75) is 39.2 Å². The van der Waals surface area contributed by atoms with E-state index in [0.717, 1.165) is 0 Å². The van der Waals surface area contributed by atoms with Crippen molar-refractivity contribution >= 4 is 11.7 Å². The largest absolute Gasteiger partial charge is 0.347 e. The van der Waals surface area contributed by atoms with E-state index in [1.54, 1.807) is 6.92 Å². The summed E-state index contributed by atoms with van der Waals surface area (Å²) in [5, 5.41) is 2.66. The number of ketones is 1. The van der Waals surface area contributed by atoms with Gasteiger partial charge in [-0.05, 0) is 32.6 Å². The molecule has 3 heteroatoms. The molecule has 12 heavy (non-hydrogen) atoms. The summed E-state index contributed by atoms with van der Waals surface area (Å²) in [5.74, 6) is 0.614. The summed E-state index contributed by atoms with van der Waals surface area (Å²) in [6, 6.07) is -0.323. The van der Waals surface area contributed by atoms with Crippen molar-refractivity contribution in [3.63, 3.8) is 0 Å².